The van der Waals surface area contributed by atoms with E-state index in [1.54, 1.807) is 14.0 Å². The van der Waals surface area contributed by atoms with Crippen LogP contribution in [0.4, 0.5) is 0 Å². The van der Waals surface area contributed by atoms with Crippen LogP contribution in [0.15, 0.2) is 6.20 Å². The van der Waals surface area contributed by atoms with Crippen molar-refractivity contribution in [3.63, 3.8) is 0 Å². The Balaban J connectivity index is 3.32. The van der Waals surface area contributed by atoms with Crippen molar-refractivity contribution < 1.29 is 15.1 Å². The van der Waals surface area contributed by atoms with Gasteiger partial charge >= 0.3 is 0 Å². The Labute approximate surface area is 86.1 Å². The third kappa shape index (κ3) is 1.71. The third-order valence-electron chi connectivity index (χ3n) is 2.39. The number of aliphatic hydroxyl groups is 2. The summed E-state index contributed by atoms with van der Waals surface area (Å²) in [6.45, 7) is 0.0744. The van der Waals surface area contributed by atoms with Crippen LogP contribution >= 0.6 is 0 Å². The summed E-state index contributed by atoms with van der Waals surface area (Å²) in [4.78, 5) is 10.2. The fourth-order valence-corrected chi connectivity index (χ4v) is 1.49. The van der Waals surface area contributed by atoms with E-state index >= 15 is 0 Å². The molecule has 0 radical (unpaired) electrons. The summed E-state index contributed by atoms with van der Waals surface area (Å²) in [5, 5.41) is 33.0. The zero-order valence-electron chi connectivity index (χ0n) is 8.54. The molecule has 0 atom stereocenters. The Bertz CT molecular complexity index is 370. The van der Waals surface area contributed by atoms with Crippen LogP contribution in [0, 0.1) is 17.0 Å². The minimum Gasteiger partial charge on any atom is -0.388 e. The van der Waals surface area contributed by atoms with Crippen LogP contribution in [0.2, 0.25) is 0 Å². The lowest BCUT2D eigenvalue weighted by molar-refractivity contribution is -0.587. The first-order valence-corrected chi connectivity index (χ1v) is 4.35. The molecule has 0 fully saturated rings. The molecule has 84 valence electrons. The number of aromatic nitrogens is 2. The number of aliphatic hydroxyl groups excluding tert-OH is 2. The molecule has 1 heterocycles. The van der Waals surface area contributed by atoms with Gasteiger partial charge in [-0.2, -0.15) is 5.10 Å². The van der Waals surface area contributed by atoms with Crippen LogP contribution in [-0.2, 0) is 12.6 Å². The number of hydrogen-bond acceptors (Lipinski definition) is 5. The van der Waals surface area contributed by atoms with Gasteiger partial charge in [0.15, 0.2) is 0 Å². The van der Waals surface area contributed by atoms with Crippen molar-refractivity contribution >= 4 is 0 Å². The minimum absolute atomic E-state index is 0.236. The summed E-state index contributed by atoms with van der Waals surface area (Å²) >= 11 is 0. The molecule has 7 heteroatoms. The van der Waals surface area contributed by atoms with E-state index in [1.165, 1.54) is 10.9 Å². The van der Waals surface area contributed by atoms with Gasteiger partial charge < -0.3 is 10.2 Å². The number of nitro groups is 1. The number of rotatable bonds is 4. The van der Waals surface area contributed by atoms with E-state index in [9.17, 15) is 10.1 Å². The fraction of sp³-hybridized carbons (Fsp3) is 0.625. The number of nitrogens with zero attached hydrogens (tertiary/aromatic N) is 3. The van der Waals surface area contributed by atoms with Crippen LogP contribution in [0.3, 0.4) is 0 Å². The van der Waals surface area contributed by atoms with Crippen LogP contribution in [0.1, 0.15) is 11.3 Å². The van der Waals surface area contributed by atoms with E-state index < -0.39 is 23.7 Å². The van der Waals surface area contributed by atoms with Crippen LogP contribution in [0.25, 0.3) is 0 Å². The molecular weight excluding hydrogens is 202 g/mol. The lowest BCUT2D eigenvalue weighted by Crippen LogP contribution is -2.43. The summed E-state index contributed by atoms with van der Waals surface area (Å²) < 4.78 is 1.41. The minimum atomic E-state index is -1.86. The van der Waals surface area contributed by atoms with E-state index in [-0.39, 0.29) is 5.56 Å². The summed E-state index contributed by atoms with van der Waals surface area (Å²) in [5.74, 6) is 0. The summed E-state index contributed by atoms with van der Waals surface area (Å²) in [7, 11) is 1.62. The predicted molar refractivity (Wildman–Crippen MR) is 50.8 cm³/mol. The van der Waals surface area contributed by atoms with Gasteiger partial charge in [-0.1, -0.05) is 0 Å². The number of aryl methyl sites for hydroxylation is 2. The largest absolute Gasteiger partial charge is 0.388 e. The molecule has 0 aliphatic rings. The van der Waals surface area contributed by atoms with Gasteiger partial charge in [-0.15, -0.1) is 0 Å². The smallest absolute Gasteiger partial charge is 0.295 e. The predicted octanol–water partition coefficient (Wildman–Crippen LogP) is -0.815. The first-order chi connectivity index (χ1) is 6.97. The molecule has 1 rings (SSSR count). The summed E-state index contributed by atoms with van der Waals surface area (Å²) in [5.41, 5.74) is -1.20. The number of hydrogen-bond donors (Lipinski definition) is 2. The molecule has 2 N–H and O–H groups in total. The van der Waals surface area contributed by atoms with Crippen molar-refractivity contribution in [2.75, 3.05) is 13.2 Å². The van der Waals surface area contributed by atoms with Gasteiger partial charge in [-0.3, -0.25) is 14.8 Å². The lowest BCUT2D eigenvalue weighted by Gasteiger charge is -2.19. The first kappa shape index (κ1) is 11.6. The third-order valence-corrected chi connectivity index (χ3v) is 2.39. The van der Waals surface area contributed by atoms with Crippen molar-refractivity contribution in [3.8, 4) is 0 Å². The molecule has 0 amide bonds. The molecule has 1 aromatic heterocycles. The molecule has 7 nitrogen and oxygen atoms in total. The standard InChI is InChI=1S/C8H13N3O4/c1-6-7(3-10(2)9-6)8(4-12,5-13)11(14)15/h3,12-13H,4-5H2,1-2H3. The van der Waals surface area contributed by atoms with Gasteiger partial charge in [-0.05, 0) is 6.92 Å². The molecule has 0 saturated carbocycles. The van der Waals surface area contributed by atoms with E-state index in [0.29, 0.717) is 5.69 Å². The molecule has 0 spiro atoms. The van der Waals surface area contributed by atoms with Crippen LogP contribution in [0.5, 0.6) is 0 Å². The highest BCUT2D eigenvalue weighted by Gasteiger charge is 2.46. The van der Waals surface area contributed by atoms with Gasteiger partial charge in [0, 0.05) is 18.2 Å². The van der Waals surface area contributed by atoms with Gasteiger partial charge in [-0.25, -0.2) is 0 Å². The summed E-state index contributed by atoms with van der Waals surface area (Å²) in [6.07, 6.45) is 1.44. The van der Waals surface area contributed by atoms with Gasteiger partial charge in [0.2, 0.25) is 0 Å². The monoisotopic (exact) mass is 215 g/mol. The molecule has 0 unspecified atom stereocenters. The second-order valence-electron chi connectivity index (χ2n) is 3.41. The average molecular weight is 215 g/mol. The Morgan fingerprint density at radius 2 is 2.13 bits per heavy atom. The fourth-order valence-electron chi connectivity index (χ4n) is 1.49. The summed E-state index contributed by atoms with van der Waals surface area (Å²) in [6, 6.07) is 0. The zero-order chi connectivity index (χ0) is 11.6. The van der Waals surface area contributed by atoms with E-state index in [1.807, 2.05) is 0 Å². The van der Waals surface area contributed by atoms with E-state index in [4.69, 9.17) is 10.2 Å². The molecule has 0 aromatic carbocycles. The maximum atomic E-state index is 10.9. The molecule has 1 aromatic rings. The lowest BCUT2D eigenvalue weighted by atomic mass is 9.93. The highest BCUT2D eigenvalue weighted by Crippen LogP contribution is 2.26. The molecular formula is C8H13N3O4. The van der Waals surface area contributed by atoms with Gasteiger partial charge in [0.05, 0.1) is 11.3 Å². The molecule has 0 aliphatic carbocycles. The van der Waals surface area contributed by atoms with Crippen LogP contribution < -0.4 is 0 Å². The van der Waals surface area contributed by atoms with Crippen molar-refractivity contribution in [1.82, 2.24) is 9.78 Å². The van der Waals surface area contributed by atoms with Crippen molar-refractivity contribution in [3.05, 3.63) is 27.6 Å². The SMILES string of the molecule is Cc1nn(C)cc1C(CO)(CO)[N+](=O)[O-]. The zero-order valence-corrected chi connectivity index (χ0v) is 8.54. The van der Waals surface area contributed by atoms with Crippen molar-refractivity contribution in [2.24, 2.45) is 7.05 Å². The Morgan fingerprint density at radius 3 is 2.40 bits per heavy atom. The highest BCUT2D eigenvalue weighted by atomic mass is 16.6. The Hall–Kier alpha value is -1.47. The Morgan fingerprint density at radius 1 is 1.60 bits per heavy atom. The van der Waals surface area contributed by atoms with Crippen molar-refractivity contribution in [2.45, 2.75) is 12.5 Å². The van der Waals surface area contributed by atoms with E-state index in [0.717, 1.165) is 0 Å². The molecule has 0 bridgehead atoms. The maximum Gasteiger partial charge on any atom is 0.295 e. The van der Waals surface area contributed by atoms with Gasteiger partial charge in [0.1, 0.15) is 13.2 Å². The maximum absolute atomic E-state index is 10.9. The Kier molecular flexibility index (Phi) is 3.06. The highest BCUT2D eigenvalue weighted by molar-refractivity contribution is 5.24. The average Bonchev–Trinajstić information content (AvgIpc) is 2.49. The van der Waals surface area contributed by atoms with Crippen LogP contribution in [-0.4, -0.2) is 38.1 Å². The van der Waals surface area contributed by atoms with Gasteiger partial charge in [0.25, 0.3) is 5.54 Å². The molecule has 0 saturated heterocycles. The van der Waals surface area contributed by atoms with Crippen molar-refractivity contribution in [1.29, 1.82) is 0 Å². The quantitative estimate of drug-likeness (QED) is 0.505. The molecule has 0 aliphatic heterocycles. The van der Waals surface area contributed by atoms with E-state index in [2.05, 4.69) is 5.10 Å². The molecule has 15 heavy (non-hydrogen) atoms. The second kappa shape index (κ2) is 3.95. The second-order valence-corrected chi connectivity index (χ2v) is 3.41. The first-order valence-electron chi connectivity index (χ1n) is 4.35. The topological polar surface area (TPSA) is 101 Å². The normalized spacial score (nSPS) is 11.7.